The molecule has 0 rings (SSSR count). The van der Waals surface area contributed by atoms with Gasteiger partial charge in [-0.2, -0.15) is 0 Å². The maximum absolute atomic E-state index is 11.5. The number of carbonyl (C=O) groups excluding carboxylic acids is 1. The molecular formula is C38H71NO6. The summed E-state index contributed by atoms with van der Waals surface area (Å²) in [7, 11) is 0. The van der Waals surface area contributed by atoms with Crippen molar-refractivity contribution in [1.29, 1.82) is 0 Å². The predicted octanol–water partition coefficient (Wildman–Crippen LogP) is 8.79. The largest absolute Gasteiger partial charge is 0.550 e. The van der Waals surface area contributed by atoms with Crippen LogP contribution in [0.1, 0.15) is 169 Å². The van der Waals surface area contributed by atoms with Crippen molar-refractivity contribution in [3.8, 4) is 0 Å². The Morgan fingerprint density at radius 1 is 0.533 bits per heavy atom. The minimum Gasteiger partial charge on any atom is -0.550 e. The summed E-state index contributed by atoms with van der Waals surface area (Å²) in [5.74, 6) is -4.31. The molecule has 0 saturated heterocycles. The van der Waals surface area contributed by atoms with E-state index in [1.807, 2.05) is 0 Å². The molecule has 3 atom stereocenters. The topological polar surface area (TPSA) is 115 Å². The van der Waals surface area contributed by atoms with Crippen molar-refractivity contribution in [1.82, 2.24) is 0 Å². The zero-order valence-electron chi connectivity index (χ0n) is 29.7. The molecule has 0 aliphatic heterocycles. The van der Waals surface area contributed by atoms with Crippen molar-refractivity contribution in [3.63, 3.8) is 0 Å². The van der Waals surface area contributed by atoms with Gasteiger partial charge in [0.25, 0.3) is 0 Å². The minimum absolute atomic E-state index is 0.446. The lowest BCUT2D eigenvalue weighted by molar-refractivity contribution is -0.929. The van der Waals surface area contributed by atoms with Crippen LogP contribution in [-0.4, -0.2) is 58.8 Å². The Kier molecular flexibility index (Phi) is 27.2. The van der Waals surface area contributed by atoms with Gasteiger partial charge in [0, 0.05) is 31.1 Å². The second-order valence-corrected chi connectivity index (χ2v) is 14.0. The van der Waals surface area contributed by atoms with Gasteiger partial charge in [0.2, 0.25) is 0 Å². The highest BCUT2D eigenvalue weighted by Crippen LogP contribution is 2.22. The average molecular weight is 638 g/mol. The Bertz CT molecular complexity index is 722. The maximum Gasteiger partial charge on any atom is 0.306 e. The third kappa shape index (κ3) is 24.9. The van der Waals surface area contributed by atoms with Crippen LogP contribution in [0.2, 0.25) is 0 Å². The predicted molar refractivity (Wildman–Crippen MR) is 184 cm³/mol. The van der Waals surface area contributed by atoms with Crippen molar-refractivity contribution in [2.75, 3.05) is 26.2 Å². The molecule has 45 heavy (non-hydrogen) atoms. The summed E-state index contributed by atoms with van der Waals surface area (Å²) in [5.41, 5.74) is 0. The lowest BCUT2D eigenvalue weighted by Crippen LogP contribution is -2.52. The Labute approximate surface area is 276 Å². The van der Waals surface area contributed by atoms with Crippen LogP contribution in [0.5, 0.6) is 0 Å². The second kappa shape index (κ2) is 28.3. The van der Waals surface area contributed by atoms with Crippen molar-refractivity contribution in [2.24, 2.45) is 17.8 Å². The third-order valence-electron chi connectivity index (χ3n) is 9.75. The van der Waals surface area contributed by atoms with Crippen LogP contribution in [0.15, 0.2) is 12.2 Å². The molecule has 0 aliphatic carbocycles. The molecule has 0 amide bonds. The van der Waals surface area contributed by atoms with Gasteiger partial charge in [0.1, 0.15) is 0 Å². The fourth-order valence-corrected chi connectivity index (χ4v) is 6.02. The molecule has 0 aromatic carbocycles. The fourth-order valence-electron chi connectivity index (χ4n) is 6.02. The molecule has 0 spiro atoms. The van der Waals surface area contributed by atoms with Crippen molar-refractivity contribution in [2.45, 2.75) is 169 Å². The highest BCUT2D eigenvalue weighted by Gasteiger charge is 2.30. The van der Waals surface area contributed by atoms with E-state index in [2.05, 4.69) is 19.1 Å². The number of aliphatic carboxylic acids is 3. The molecule has 0 heterocycles. The number of nitrogens with zero attached hydrogens (tertiary/aromatic N) is 1. The van der Waals surface area contributed by atoms with Crippen LogP contribution in [0, 0.1) is 17.8 Å². The zero-order chi connectivity index (χ0) is 33.8. The van der Waals surface area contributed by atoms with Gasteiger partial charge >= 0.3 is 11.9 Å². The number of hydrogen-bond donors (Lipinski definition) is 2. The Morgan fingerprint density at radius 2 is 0.867 bits per heavy atom. The molecule has 2 N–H and O–H groups in total. The molecule has 0 saturated carbocycles. The molecule has 0 fully saturated rings. The fraction of sp³-hybridized carbons (Fsp3) is 0.868. The number of allylic oxidation sites excluding steroid dienone is 2. The van der Waals surface area contributed by atoms with E-state index in [-0.39, 0.29) is 0 Å². The molecule has 264 valence electrons. The summed E-state index contributed by atoms with van der Waals surface area (Å²) in [6, 6.07) is 0. The summed E-state index contributed by atoms with van der Waals surface area (Å²) in [4.78, 5) is 34.4. The van der Waals surface area contributed by atoms with Gasteiger partial charge in [-0.1, -0.05) is 123 Å². The lowest BCUT2D eigenvalue weighted by Gasteiger charge is -2.41. The molecule has 0 aromatic rings. The van der Waals surface area contributed by atoms with E-state index in [4.69, 9.17) is 0 Å². The molecular weight excluding hydrogens is 566 g/mol. The average Bonchev–Trinajstić information content (AvgIpc) is 3.01. The van der Waals surface area contributed by atoms with Crippen LogP contribution in [0.4, 0.5) is 0 Å². The van der Waals surface area contributed by atoms with E-state index < -0.39 is 35.7 Å². The van der Waals surface area contributed by atoms with E-state index in [0.717, 1.165) is 19.4 Å². The third-order valence-corrected chi connectivity index (χ3v) is 9.75. The standard InChI is InChI=1S/C38H71NO6/c1-5-6-7-8-9-10-11-12-13-14-15-16-17-18-19-20-21-22-23-24-25-29-39(30-26-33(2)36(40)41,31-27-34(3)37(42)43)32-28-35(4)38(44)45/h10-11,33-35H,5-9,12-32H2,1-4H3,(H2-,40,41,42,43,44,45)/b11-10+. The number of carbonyl (C=O) groups is 3. The Balaban J connectivity index is 4.33. The van der Waals surface area contributed by atoms with Crippen LogP contribution in [-0.2, 0) is 14.4 Å². The summed E-state index contributed by atoms with van der Waals surface area (Å²) in [5, 5.41) is 30.3. The number of unbranched alkanes of at least 4 members (excludes halogenated alkanes) is 17. The summed E-state index contributed by atoms with van der Waals surface area (Å²) >= 11 is 0. The first-order valence-electron chi connectivity index (χ1n) is 18.7. The molecule has 0 bridgehead atoms. The van der Waals surface area contributed by atoms with Crippen LogP contribution < -0.4 is 5.11 Å². The number of carboxylic acids is 3. The van der Waals surface area contributed by atoms with Crippen LogP contribution >= 0.6 is 0 Å². The summed E-state index contributed by atoms with van der Waals surface area (Å²) in [6.07, 6.45) is 30.5. The van der Waals surface area contributed by atoms with Crippen molar-refractivity contribution in [3.05, 3.63) is 12.2 Å². The number of rotatable bonds is 33. The lowest BCUT2D eigenvalue weighted by atomic mass is 10.0. The quantitative estimate of drug-likeness (QED) is 0.0422. The van der Waals surface area contributed by atoms with Gasteiger partial charge < -0.3 is 24.6 Å². The Hall–Kier alpha value is -1.89. The second-order valence-electron chi connectivity index (χ2n) is 14.0. The van der Waals surface area contributed by atoms with E-state index in [0.29, 0.717) is 43.4 Å². The molecule has 0 radical (unpaired) electrons. The smallest absolute Gasteiger partial charge is 0.306 e. The number of quaternary nitrogens is 1. The van der Waals surface area contributed by atoms with Crippen molar-refractivity contribution < 1.29 is 34.2 Å². The van der Waals surface area contributed by atoms with Gasteiger partial charge in [0.15, 0.2) is 0 Å². The zero-order valence-corrected chi connectivity index (χ0v) is 29.7. The molecule has 7 heteroatoms. The summed E-state index contributed by atoms with van der Waals surface area (Å²) < 4.78 is 0.586. The SMILES string of the molecule is CCCCCC/C=C/CCCCCCCCCCCCCCC[N+](CCC(C)C(=O)[O-])(CCC(C)C(=O)O)CCC(C)C(=O)O. The van der Waals surface area contributed by atoms with E-state index in [1.165, 1.54) is 109 Å². The minimum atomic E-state index is -1.07. The highest BCUT2D eigenvalue weighted by atomic mass is 16.4. The molecule has 3 unspecified atom stereocenters. The van der Waals surface area contributed by atoms with Gasteiger partial charge in [-0.15, -0.1) is 0 Å². The van der Waals surface area contributed by atoms with Crippen LogP contribution in [0.3, 0.4) is 0 Å². The van der Waals surface area contributed by atoms with Gasteiger partial charge in [-0.25, -0.2) is 0 Å². The van der Waals surface area contributed by atoms with Crippen LogP contribution in [0.25, 0.3) is 0 Å². The summed E-state index contributed by atoms with van der Waals surface area (Å²) in [6.45, 7) is 9.99. The van der Waals surface area contributed by atoms with E-state index >= 15 is 0 Å². The first kappa shape index (κ1) is 43.1. The van der Waals surface area contributed by atoms with E-state index in [1.54, 1.807) is 20.8 Å². The Morgan fingerprint density at radius 3 is 1.22 bits per heavy atom. The highest BCUT2D eigenvalue weighted by molar-refractivity contribution is 5.69. The normalized spacial score (nSPS) is 15.1. The van der Waals surface area contributed by atoms with Gasteiger partial charge in [-0.3, -0.25) is 9.59 Å². The monoisotopic (exact) mass is 638 g/mol. The first-order valence-corrected chi connectivity index (χ1v) is 18.7. The van der Waals surface area contributed by atoms with Gasteiger partial charge in [-0.05, 0) is 38.5 Å². The molecule has 7 nitrogen and oxygen atoms in total. The van der Waals surface area contributed by atoms with Gasteiger partial charge in [0.05, 0.1) is 38.0 Å². The number of hydrogen-bond acceptors (Lipinski definition) is 4. The first-order chi connectivity index (χ1) is 21.5. The van der Waals surface area contributed by atoms with E-state index in [9.17, 15) is 29.7 Å². The van der Waals surface area contributed by atoms with Crippen molar-refractivity contribution >= 4 is 17.9 Å². The molecule has 0 aliphatic rings. The number of carboxylic acid groups (broad SMARTS) is 3. The maximum atomic E-state index is 11.5. The molecule has 0 aromatic heterocycles.